The van der Waals surface area contributed by atoms with Crippen molar-refractivity contribution in [3.05, 3.63) is 53.1 Å². The van der Waals surface area contributed by atoms with Crippen LogP contribution < -0.4 is 4.74 Å². The topological polar surface area (TPSA) is 74.4 Å². The third-order valence-electron chi connectivity index (χ3n) is 8.04. The highest BCUT2D eigenvalue weighted by Crippen LogP contribution is 2.60. The van der Waals surface area contributed by atoms with E-state index < -0.39 is 0 Å². The fourth-order valence-electron chi connectivity index (χ4n) is 6.46. The Kier molecular flexibility index (Phi) is 4.99. The Morgan fingerprint density at radius 1 is 1.06 bits per heavy atom. The Morgan fingerprint density at radius 2 is 1.94 bits per heavy atom. The van der Waals surface area contributed by atoms with Crippen LogP contribution in [0.15, 0.2) is 46.6 Å². The fourth-order valence-corrected chi connectivity index (χ4v) is 6.46. The molecular weight excluding hydrogens is 388 g/mol. The van der Waals surface area contributed by atoms with Gasteiger partial charge in [-0.1, -0.05) is 13.0 Å². The second-order valence-electron chi connectivity index (χ2n) is 9.52. The molecule has 4 unspecified atom stereocenters. The van der Waals surface area contributed by atoms with Gasteiger partial charge in [0.2, 0.25) is 0 Å². The molecule has 3 aliphatic carbocycles. The van der Waals surface area contributed by atoms with Crippen molar-refractivity contribution >= 4 is 11.9 Å². The molecule has 0 heterocycles. The highest BCUT2D eigenvalue weighted by atomic mass is 16.5. The van der Waals surface area contributed by atoms with Gasteiger partial charge in [-0.15, -0.1) is 0 Å². The van der Waals surface area contributed by atoms with Gasteiger partial charge in [0.05, 0.1) is 13.3 Å². The zero-order chi connectivity index (χ0) is 21.6. The third kappa shape index (κ3) is 3.40. The molecule has 0 bridgehead atoms. The molecule has 5 rings (SSSR count). The van der Waals surface area contributed by atoms with Gasteiger partial charge in [-0.25, -0.2) is 0 Å². The lowest BCUT2D eigenvalue weighted by Gasteiger charge is -2.49. The van der Waals surface area contributed by atoms with Crippen molar-refractivity contribution < 1.29 is 14.9 Å². The SMILES string of the molecule is COc1cc(/C=N/N=C2CCC3C4CCc5cc(O)ccc5C4CCC23C)ccc1O. The number of rotatable bonds is 3. The number of aromatic hydroxyl groups is 2. The smallest absolute Gasteiger partial charge is 0.161 e. The Labute approximate surface area is 183 Å². The molecule has 162 valence electrons. The molecule has 0 aliphatic heterocycles. The Morgan fingerprint density at radius 3 is 2.77 bits per heavy atom. The highest BCUT2D eigenvalue weighted by Gasteiger charge is 2.53. The summed E-state index contributed by atoms with van der Waals surface area (Å²) < 4.78 is 5.17. The van der Waals surface area contributed by atoms with Crippen LogP contribution in [0.3, 0.4) is 0 Å². The van der Waals surface area contributed by atoms with Crippen LogP contribution in [0.4, 0.5) is 0 Å². The summed E-state index contributed by atoms with van der Waals surface area (Å²) in [6, 6.07) is 11.2. The molecule has 2 fully saturated rings. The van der Waals surface area contributed by atoms with Crippen LogP contribution >= 0.6 is 0 Å². The van der Waals surface area contributed by atoms with E-state index in [1.54, 1.807) is 25.5 Å². The number of hydrogen-bond donors (Lipinski definition) is 2. The van der Waals surface area contributed by atoms with E-state index in [4.69, 9.17) is 9.84 Å². The molecule has 0 radical (unpaired) electrons. The van der Waals surface area contributed by atoms with Gasteiger partial charge in [-0.3, -0.25) is 0 Å². The first-order valence-electron chi connectivity index (χ1n) is 11.3. The number of fused-ring (bicyclic) bond motifs is 5. The molecule has 4 atom stereocenters. The number of ether oxygens (including phenoxy) is 1. The van der Waals surface area contributed by atoms with Gasteiger partial charge in [0.25, 0.3) is 0 Å². The molecule has 0 amide bonds. The lowest BCUT2D eigenvalue weighted by molar-refractivity contribution is 0.0955. The average molecular weight is 419 g/mol. The highest BCUT2D eigenvalue weighted by molar-refractivity contribution is 5.93. The van der Waals surface area contributed by atoms with Gasteiger partial charge in [-0.05, 0) is 103 Å². The summed E-state index contributed by atoms with van der Waals surface area (Å²) in [6.07, 6.45) is 8.51. The zero-order valence-electron chi connectivity index (χ0n) is 18.2. The van der Waals surface area contributed by atoms with E-state index in [2.05, 4.69) is 18.1 Å². The maximum Gasteiger partial charge on any atom is 0.161 e. The predicted molar refractivity (Wildman–Crippen MR) is 122 cm³/mol. The van der Waals surface area contributed by atoms with Crippen molar-refractivity contribution in [2.24, 2.45) is 27.5 Å². The molecule has 0 aromatic heterocycles. The summed E-state index contributed by atoms with van der Waals surface area (Å²) in [5.41, 5.74) is 5.01. The number of aryl methyl sites for hydroxylation is 1. The maximum atomic E-state index is 9.87. The van der Waals surface area contributed by atoms with Gasteiger partial charge in [0.15, 0.2) is 11.5 Å². The van der Waals surface area contributed by atoms with Crippen molar-refractivity contribution in [1.82, 2.24) is 0 Å². The van der Waals surface area contributed by atoms with Crippen LogP contribution in [0, 0.1) is 17.3 Å². The molecular formula is C26H30N2O3. The van der Waals surface area contributed by atoms with E-state index in [-0.39, 0.29) is 11.2 Å². The van der Waals surface area contributed by atoms with Gasteiger partial charge >= 0.3 is 0 Å². The average Bonchev–Trinajstić information content (AvgIpc) is 3.11. The summed E-state index contributed by atoms with van der Waals surface area (Å²) in [5, 5.41) is 28.7. The van der Waals surface area contributed by atoms with E-state index in [1.807, 2.05) is 18.2 Å². The van der Waals surface area contributed by atoms with Crippen molar-refractivity contribution in [3.63, 3.8) is 0 Å². The summed E-state index contributed by atoms with van der Waals surface area (Å²) in [5.74, 6) is 2.89. The Balaban J connectivity index is 1.36. The summed E-state index contributed by atoms with van der Waals surface area (Å²) >= 11 is 0. The molecule has 2 N–H and O–H groups in total. The van der Waals surface area contributed by atoms with Gasteiger partial charge in [-0.2, -0.15) is 10.2 Å². The maximum absolute atomic E-state index is 9.87. The molecule has 5 heteroatoms. The first kappa shape index (κ1) is 20.1. The largest absolute Gasteiger partial charge is 0.508 e. The minimum atomic E-state index is 0.123. The summed E-state index contributed by atoms with van der Waals surface area (Å²) in [6.45, 7) is 2.39. The Bertz CT molecular complexity index is 1060. The number of phenols is 2. The van der Waals surface area contributed by atoms with E-state index >= 15 is 0 Å². The predicted octanol–water partition coefficient (Wildman–Crippen LogP) is 5.44. The number of benzene rings is 2. The molecule has 0 spiro atoms. The van der Waals surface area contributed by atoms with Crippen molar-refractivity contribution in [2.75, 3.05) is 7.11 Å². The number of hydrogen-bond acceptors (Lipinski definition) is 5. The lowest BCUT2D eigenvalue weighted by Crippen LogP contribution is -2.42. The Hall–Kier alpha value is -2.82. The minimum Gasteiger partial charge on any atom is -0.508 e. The van der Waals surface area contributed by atoms with Crippen LogP contribution in [0.2, 0.25) is 0 Å². The van der Waals surface area contributed by atoms with E-state index in [0.29, 0.717) is 29.3 Å². The van der Waals surface area contributed by atoms with Crippen molar-refractivity contribution in [3.8, 4) is 17.2 Å². The van der Waals surface area contributed by atoms with Crippen LogP contribution in [0.1, 0.15) is 61.6 Å². The van der Waals surface area contributed by atoms with E-state index in [0.717, 1.165) is 24.8 Å². The minimum absolute atomic E-state index is 0.123. The molecule has 31 heavy (non-hydrogen) atoms. The summed E-state index contributed by atoms with van der Waals surface area (Å²) in [4.78, 5) is 0. The standard InChI is InChI=1S/C26H30N2O3/c1-26-12-11-20-19-7-5-18(29)14-17(19)4-6-21(20)22(26)8-10-25(26)28-27-15-16-3-9-23(30)24(13-16)31-2/h3,5,7,9,13-15,20-22,29-30H,4,6,8,10-12H2,1-2H3/b27-15+,28-25?. The van der Waals surface area contributed by atoms with Crippen molar-refractivity contribution in [1.29, 1.82) is 0 Å². The van der Waals surface area contributed by atoms with Crippen LogP contribution in [-0.2, 0) is 6.42 Å². The second kappa shape index (κ2) is 7.70. The third-order valence-corrected chi connectivity index (χ3v) is 8.04. The quantitative estimate of drug-likeness (QED) is 0.515. The normalized spacial score (nSPS) is 30.8. The number of methoxy groups -OCH3 is 1. The zero-order valence-corrected chi connectivity index (χ0v) is 18.2. The molecule has 0 saturated heterocycles. The van der Waals surface area contributed by atoms with E-state index in [1.165, 1.54) is 36.1 Å². The van der Waals surface area contributed by atoms with Crippen LogP contribution in [-0.4, -0.2) is 29.2 Å². The van der Waals surface area contributed by atoms with Gasteiger partial charge < -0.3 is 14.9 Å². The lowest BCUT2D eigenvalue weighted by atomic mass is 9.55. The van der Waals surface area contributed by atoms with Crippen LogP contribution in [0.5, 0.6) is 17.2 Å². The molecule has 2 saturated carbocycles. The first-order chi connectivity index (χ1) is 15.0. The monoisotopic (exact) mass is 418 g/mol. The molecule has 2 aromatic rings. The number of nitrogens with zero attached hydrogens (tertiary/aromatic N) is 2. The second-order valence-corrected chi connectivity index (χ2v) is 9.52. The van der Waals surface area contributed by atoms with Gasteiger partial charge in [0, 0.05) is 11.1 Å². The summed E-state index contributed by atoms with van der Waals surface area (Å²) in [7, 11) is 1.54. The first-order valence-corrected chi connectivity index (χ1v) is 11.3. The molecule has 2 aromatic carbocycles. The fraction of sp³-hybridized carbons (Fsp3) is 0.462. The van der Waals surface area contributed by atoms with Crippen molar-refractivity contribution in [2.45, 2.75) is 51.4 Å². The number of phenolic OH excluding ortho intramolecular Hbond substituents is 2. The van der Waals surface area contributed by atoms with E-state index in [9.17, 15) is 10.2 Å². The molecule has 5 nitrogen and oxygen atoms in total. The van der Waals surface area contributed by atoms with Gasteiger partial charge in [0.1, 0.15) is 5.75 Å². The van der Waals surface area contributed by atoms with Crippen LogP contribution in [0.25, 0.3) is 0 Å². The molecule has 3 aliphatic rings.